The Morgan fingerprint density at radius 2 is 1.76 bits per heavy atom. The fourth-order valence-corrected chi connectivity index (χ4v) is 6.02. The molecule has 2 bridgehead atoms. The summed E-state index contributed by atoms with van der Waals surface area (Å²) in [6, 6.07) is 8.73. The van der Waals surface area contributed by atoms with Gasteiger partial charge in [-0.25, -0.2) is 4.79 Å². The fourth-order valence-electron chi connectivity index (χ4n) is 6.02. The average Bonchev–Trinajstić information content (AvgIpc) is 3.71. The third-order valence-electron chi connectivity index (χ3n) is 8.42. The predicted octanol–water partition coefficient (Wildman–Crippen LogP) is 0.481. The molecule has 0 unspecified atom stereocenters. The molecule has 3 aliphatic rings. The maximum Gasteiger partial charge on any atom is 0.408 e. The van der Waals surface area contributed by atoms with E-state index in [1.807, 2.05) is 18.2 Å². The molecule has 46 heavy (non-hydrogen) atoms. The maximum absolute atomic E-state index is 13.7. The van der Waals surface area contributed by atoms with Crippen LogP contribution >= 0.6 is 0 Å². The number of likely N-dealkylation sites (tertiary alicyclic amines) is 1. The Bertz CT molecular complexity index is 1420. The van der Waals surface area contributed by atoms with Gasteiger partial charge in [-0.05, 0) is 44.0 Å². The van der Waals surface area contributed by atoms with E-state index in [0.717, 1.165) is 31.5 Å². The lowest BCUT2D eigenvalue weighted by Gasteiger charge is -2.30. The van der Waals surface area contributed by atoms with Crippen LogP contribution in [0, 0.1) is 0 Å². The summed E-state index contributed by atoms with van der Waals surface area (Å²) in [6.45, 7) is 1.97. The third-order valence-corrected chi connectivity index (χ3v) is 8.42. The maximum atomic E-state index is 13.7. The van der Waals surface area contributed by atoms with Crippen LogP contribution in [-0.4, -0.2) is 132 Å². The monoisotopic (exact) mass is 635 g/mol. The van der Waals surface area contributed by atoms with Gasteiger partial charge in [0.1, 0.15) is 25.0 Å². The topological polar surface area (TPSA) is 154 Å². The summed E-state index contributed by atoms with van der Waals surface area (Å²) in [5.74, 6) is -1.10. The quantitative estimate of drug-likeness (QED) is 0.462. The predicted molar refractivity (Wildman–Crippen MR) is 166 cm³/mol. The number of nitrogens with zero attached hydrogens (tertiary/aromatic N) is 5. The Balaban J connectivity index is 1.32. The number of carbonyl (C=O) groups excluding carboxylic acids is 5. The summed E-state index contributed by atoms with van der Waals surface area (Å²) in [5.41, 5.74) is 0.994. The van der Waals surface area contributed by atoms with E-state index in [9.17, 15) is 24.0 Å². The lowest BCUT2D eigenvalue weighted by Crippen LogP contribution is -2.55. The van der Waals surface area contributed by atoms with Crippen LogP contribution in [0.4, 0.5) is 4.79 Å². The molecule has 0 saturated carbocycles. The molecule has 1 aromatic heterocycles. The molecule has 14 heteroatoms. The molecule has 246 valence electrons. The summed E-state index contributed by atoms with van der Waals surface area (Å²) in [7, 11) is 2.97. The number of fused-ring (bicyclic) bond motifs is 3. The van der Waals surface area contributed by atoms with Crippen molar-refractivity contribution in [2.45, 2.75) is 44.0 Å². The normalized spacial score (nSPS) is 22.9. The van der Waals surface area contributed by atoms with Crippen LogP contribution in [0.3, 0.4) is 0 Å². The fraction of sp³-hybridized carbons (Fsp3) is 0.500. The minimum Gasteiger partial charge on any atom is -0.490 e. The SMILES string of the molecule is CN1C[C@H](NC(=O)OCc2ccccc2)C(=O)N(C)CC(=O)N2C[C@@H](NC(=O)CN3CCCC3)C[C@H]2COc2cncc(c2)C1=O. The first-order valence-corrected chi connectivity index (χ1v) is 15.5. The van der Waals surface area contributed by atoms with Crippen LogP contribution in [0.1, 0.15) is 35.2 Å². The summed E-state index contributed by atoms with van der Waals surface area (Å²) in [4.78, 5) is 76.6. The van der Waals surface area contributed by atoms with Gasteiger partial charge in [-0.15, -0.1) is 0 Å². The number of amides is 5. The highest BCUT2D eigenvalue weighted by Crippen LogP contribution is 2.22. The number of rotatable bonds is 6. The van der Waals surface area contributed by atoms with Gasteiger partial charge in [0.05, 0.1) is 37.4 Å². The van der Waals surface area contributed by atoms with Crippen molar-refractivity contribution in [2.75, 3.05) is 60.0 Å². The first kappa shape index (κ1) is 32.7. The van der Waals surface area contributed by atoms with Crippen LogP contribution in [0.2, 0.25) is 0 Å². The minimum absolute atomic E-state index is 0.0127. The van der Waals surface area contributed by atoms with Crippen LogP contribution in [0.15, 0.2) is 48.8 Å². The van der Waals surface area contributed by atoms with E-state index < -0.39 is 30.0 Å². The molecule has 4 heterocycles. The number of ether oxygens (including phenoxy) is 2. The van der Waals surface area contributed by atoms with Crippen molar-refractivity contribution in [3.05, 3.63) is 59.9 Å². The number of likely N-dealkylation sites (N-methyl/N-ethyl adjacent to an activating group) is 2. The molecule has 2 aromatic rings. The number of hydrogen-bond acceptors (Lipinski definition) is 9. The molecular weight excluding hydrogens is 594 g/mol. The van der Waals surface area contributed by atoms with Crippen molar-refractivity contribution in [1.82, 2.24) is 35.2 Å². The Labute approximate surface area is 268 Å². The highest BCUT2D eigenvalue weighted by molar-refractivity contribution is 5.95. The van der Waals surface area contributed by atoms with E-state index in [-0.39, 0.29) is 56.3 Å². The molecule has 2 N–H and O–H groups in total. The molecule has 5 rings (SSSR count). The van der Waals surface area contributed by atoms with E-state index in [1.165, 1.54) is 36.3 Å². The first-order chi connectivity index (χ1) is 22.2. The zero-order valence-corrected chi connectivity index (χ0v) is 26.2. The van der Waals surface area contributed by atoms with Gasteiger partial charge >= 0.3 is 6.09 Å². The molecule has 0 spiro atoms. The van der Waals surface area contributed by atoms with Crippen molar-refractivity contribution in [3.8, 4) is 5.75 Å². The number of alkyl carbamates (subject to hydrolysis) is 1. The third kappa shape index (κ3) is 8.50. The van der Waals surface area contributed by atoms with Crippen LogP contribution < -0.4 is 15.4 Å². The molecule has 3 aliphatic heterocycles. The zero-order chi connectivity index (χ0) is 32.6. The van der Waals surface area contributed by atoms with E-state index in [0.29, 0.717) is 18.7 Å². The second kappa shape index (κ2) is 15.0. The summed E-state index contributed by atoms with van der Waals surface area (Å²) < 4.78 is 11.3. The van der Waals surface area contributed by atoms with Crippen molar-refractivity contribution in [1.29, 1.82) is 0 Å². The van der Waals surface area contributed by atoms with E-state index in [2.05, 4.69) is 20.5 Å². The van der Waals surface area contributed by atoms with Gasteiger partial charge < -0.3 is 34.8 Å². The molecule has 3 atom stereocenters. The summed E-state index contributed by atoms with van der Waals surface area (Å²) in [5, 5.41) is 5.64. The number of carbonyl (C=O) groups is 5. The van der Waals surface area contributed by atoms with Gasteiger partial charge in [-0.1, -0.05) is 30.3 Å². The average molecular weight is 636 g/mol. The number of aromatic nitrogens is 1. The van der Waals surface area contributed by atoms with Gasteiger partial charge in [0.15, 0.2) is 0 Å². The Hall–Kier alpha value is -4.72. The van der Waals surface area contributed by atoms with Gasteiger partial charge in [-0.2, -0.15) is 0 Å². The molecule has 0 aliphatic carbocycles. The largest absolute Gasteiger partial charge is 0.490 e. The van der Waals surface area contributed by atoms with E-state index in [4.69, 9.17) is 9.47 Å². The standard InChI is InChI=1S/C32H41N7O7/c1-36-17-27(35-32(44)46-20-22-8-4-3-5-9-22)31(43)37(2)19-29(41)39-16-24(34-28(40)18-38-10-6-7-11-38)13-25(39)21-45-26-12-23(30(36)42)14-33-15-26/h3-5,8-9,12,14-15,24-25,27H,6-7,10-11,13,16-21H2,1-2H3,(H,34,40)(H,35,44)/t24-,25-,27-/m0/s1. The van der Waals surface area contributed by atoms with Crippen LogP contribution in [0.5, 0.6) is 5.75 Å². The Morgan fingerprint density at radius 3 is 2.52 bits per heavy atom. The number of hydrogen-bond donors (Lipinski definition) is 2. The number of pyridine rings is 1. The van der Waals surface area contributed by atoms with Gasteiger partial charge in [0, 0.05) is 32.9 Å². The van der Waals surface area contributed by atoms with Crippen LogP contribution in [0.25, 0.3) is 0 Å². The molecule has 14 nitrogen and oxygen atoms in total. The van der Waals surface area contributed by atoms with Crippen molar-refractivity contribution in [3.63, 3.8) is 0 Å². The van der Waals surface area contributed by atoms with Gasteiger partial charge in [-0.3, -0.25) is 29.1 Å². The first-order valence-electron chi connectivity index (χ1n) is 15.5. The molecule has 2 fully saturated rings. The lowest BCUT2D eigenvalue weighted by molar-refractivity contribution is -0.141. The van der Waals surface area contributed by atoms with E-state index in [1.54, 1.807) is 23.1 Å². The van der Waals surface area contributed by atoms with Crippen LogP contribution in [-0.2, 0) is 25.7 Å². The smallest absolute Gasteiger partial charge is 0.408 e. The number of benzene rings is 1. The molecule has 2 saturated heterocycles. The van der Waals surface area contributed by atoms with Gasteiger partial charge in [0.25, 0.3) is 5.91 Å². The summed E-state index contributed by atoms with van der Waals surface area (Å²) >= 11 is 0. The molecule has 5 amide bonds. The zero-order valence-electron chi connectivity index (χ0n) is 26.2. The highest BCUT2D eigenvalue weighted by atomic mass is 16.5. The second-order valence-corrected chi connectivity index (χ2v) is 12.0. The summed E-state index contributed by atoms with van der Waals surface area (Å²) in [6.07, 6.45) is 4.65. The van der Waals surface area contributed by atoms with Crippen molar-refractivity contribution >= 4 is 29.7 Å². The molecular formula is C32H41N7O7. The Kier molecular flexibility index (Phi) is 10.7. The lowest BCUT2D eigenvalue weighted by atomic mass is 10.1. The van der Waals surface area contributed by atoms with E-state index >= 15 is 0 Å². The van der Waals surface area contributed by atoms with Gasteiger partial charge in [0.2, 0.25) is 17.7 Å². The Morgan fingerprint density at radius 1 is 1.00 bits per heavy atom. The molecule has 1 aromatic carbocycles. The minimum atomic E-state index is -1.21. The van der Waals surface area contributed by atoms with Crippen molar-refractivity contribution in [2.24, 2.45) is 0 Å². The number of nitrogens with one attached hydrogen (secondary N) is 2. The van der Waals surface area contributed by atoms with Crippen molar-refractivity contribution < 1.29 is 33.4 Å². The molecule has 0 radical (unpaired) electrons. The second-order valence-electron chi connectivity index (χ2n) is 12.0. The highest BCUT2D eigenvalue weighted by Gasteiger charge is 2.38.